The van der Waals surface area contributed by atoms with Crippen molar-refractivity contribution < 1.29 is 14.7 Å². The molecule has 2 rings (SSSR count). The summed E-state index contributed by atoms with van der Waals surface area (Å²) >= 11 is 0. The van der Waals surface area contributed by atoms with E-state index in [9.17, 15) is 9.59 Å². The number of hydrogen-bond acceptors (Lipinski definition) is 3. The Kier molecular flexibility index (Phi) is 3.14. The van der Waals surface area contributed by atoms with E-state index < -0.39 is 5.97 Å². The van der Waals surface area contributed by atoms with Crippen molar-refractivity contribution in [1.29, 1.82) is 0 Å². The van der Waals surface area contributed by atoms with Gasteiger partial charge in [0.25, 0.3) is 0 Å². The summed E-state index contributed by atoms with van der Waals surface area (Å²) in [4.78, 5) is 22.7. The van der Waals surface area contributed by atoms with Gasteiger partial charge in [0.1, 0.15) is 5.71 Å². The van der Waals surface area contributed by atoms with Gasteiger partial charge in [-0.05, 0) is 37.1 Å². The fourth-order valence-corrected chi connectivity index (χ4v) is 1.98. The van der Waals surface area contributed by atoms with Crippen LogP contribution in [0.4, 0.5) is 5.69 Å². The fourth-order valence-electron chi connectivity index (χ4n) is 1.98. The van der Waals surface area contributed by atoms with E-state index in [1.54, 1.807) is 0 Å². The lowest BCUT2D eigenvalue weighted by molar-refractivity contribution is -0.129. The first-order chi connectivity index (χ1) is 8.47. The number of carboxylic acid groups (broad SMARTS) is 1. The molecule has 0 fully saturated rings. The van der Waals surface area contributed by atoms with Gasteiger partial charge in [0.2, 0.25) is 5.91 Å². The van der Waals surface area contributed by atoms with Crippen LogP contribution in [-0.2, 0) is 9.59 Å². The van der Waals surface area contributed by atoms with Crippen molar-refractivity contribution >= 4 is 23.3 Å². The van der Waals surface area contributed by atoms with Gasteiger partial charge in [-0.25, -0.2) is 9.80 Å². The second-order valence-electron chi connectivity index (χ2n) is 4.40. The Labute approximate surface area is 105 Å². The SMILES string of the molecule is Cc1cc(C)cc(N2N=C(C(=O)O)CCC2=O)c1. The Morgan fingerprint density at radius 3 is 2.39 bits per heavy atom. The quantitative estimate of drug-likeness (QED) is 0.866. The maximum absolute atomic E-state index is 11.8. The van der Waals surface area contributed by atoms with Crippen molar-refractivity contribution in [3.8, 4) is 0 Å². The summed E-state index contributed by atoms with van der Waals surface area (Å²) in [6.07, 6.45) is 0.369. The van der Waals surface area contributed by atoms with Crippen molar-refractivity contribution in [2.24, 2.45) is 5.10 Å². The molecular formula is C13H14N2O3. The average molecular weight is 246 g/mol. The van der Waals surface area contributed by atoms with Gasteiger partial charge in [0.15, 0.2) is 0 Å². The van der Waals surface area contributed by atoms with Crippen molar-refractivity contribution in [3.05, 3.63) is 29.3 Å². The minimum Gasteiger partial charge on any atom is -0.477 e. The van der Waals surface area contributed by atoms with Gasteiger partial charge >= 0.3 is 5.97 Å². The van der Waals surface area contributed by atoms with Crippen LogP contribution in [0.3, 0.4) is 0 Å². The van der Waals surface area contributed by atoms with E-state index in [0.29, 0.717) is 5.69 Å². The number of benzene rings is 1. The Hall–Kier alpha value is -2.17. The van der Waals surface area contributed by atoms with Gasteiger partial charge in [-0.1, -0.05) is 6.07 Å². The summed E-state index contributed by atoms with van der Waals surface area (Å²) in [6, 6.07) is 5.62. The normalized spacial score (nSPS) is 15.6. The number of nitrogens with zero attached hydrogens (tertiary/aromatic N) is 2. The summed E-state index contributed by atoms with van der Waals surface area (Å²) in [5.74, 6) is -1.25. The Balaban J connectivity index is 2.44. The van der Waals surface area contributed by atoms with Crippen LogP contribution in [0.1, 0.15) is 24.0 Å². The highest BCUT2D eigenvalue weighted by atomic mass is 16.4. The van der Waals surface area contributed by atoms with E-state index in [0.717, 1.165) is 11.1 Å². The van der Waals surface area contributed by atoms with Crippen molar-refractivity contribution in [2.75, 3.05) is 5.01 Å². The lowest BCUT2D eigenvalue weighted by Gasteiger charge is -2.22. The molecule has 0 aromatic heterocycles. The standard InChI is InChI=1S/C13H14N2O3/c1-8-5-9(2)7-10(6-8)15-12(16)4-3-11(14-15)13(17)18/h5-7H,3-4H2,1-2H3,(H,17,18). The number of aryl methyl sites for hydroxylation is 2. The predicted octanol–water partition coefficient (Wildman–Crippen LogP) is 1.87. The predicted molar refractivity (Wildman–Crippen MR) is 67.7 cm³/mol. The van der Waals surface area contributed by atoms with Gasteiger partial charge in [0.05, 0.1) is 5.69 Å². The molecule has 5 nitrogen and oxygen atoms in total. The Bertz CT molecular complexity index is 529. The van der Waals surface area contributed by atoms with Gasteiger partial charge in [-0.2, -0.15) is 5.10 Å². The smallest absolute Gasteiger partial charge is 0.352 e. The Morgan fingerprint density at radius 2 is 1.83 bits per heavy atom. The third-order valence-corrected chi connectivity index (χ3v) is 2.73. The van der Waals surface area contributed by atoms with Crippen molar-refractivity contribution in [2.45, 2.75) is 26.7 Å². The van der Waals surface area contributed by atoms with E-state index in [1.807, 2.05) is 32.0 Å². The van der Waals surface area contributed by atoms with Gasteiger partial charge in [-0.3, -0.25) is 4.79 Å². The summed E-state index contributed by atoms with van der Waals surface area (Å²) in [7, 11) is 0. The van der Waals surface area contributed by atoms with E-state index >= 15 is 0 Å². The van der Waals surface area contributed by atoms with Crippen LogP contribution in [0.15, 0.2) is 23.3 Å². The number of hydrogen-bond donors (Lipinski definition) is 1. The van der Waals surface area contributed by atoms with Gasteiger partial charge < -0.3 is 5.11 Å². The highest BCUT2D eigenvalue weighted by Gasteiger charge is 2.25. The third-order valence-electron chi connectivity index (χ3n) is 2.73. The first kappa shape index (κ1) is 12.3. The molecule has 1 aliphatic rings. The number of rotatable bonds is 2. The molecule has 1 aromatic carbocycles. The maximum Gasteiger partial charge on any atom is 0.352 e. The molecular weight excluding hydrogens is 232 g/mol. The molecule has 0 radical (unpaired) electrons. The third kappa shape index (κ3) is 2.40. The van der Waals surface area contributed by atoms with Crippen LogP contribution in [-0.4, -0.2) is 22.7 Å². The van der Waals surface area contributed by atoms with Crippen LogP contribution in [0, 0.1) is 13.8 Å². The van der Waals surface area contributed by atoms with Gasteiger partial charge in [-0.15, -0.1) is 0 Å². The zero-order valence-corrected chi connectivity index (χ0v) is 10.3. The molecule has 0 aliphatic carbocycles. The number of hydrazone groups is 1. The summed E-state index contributed by atoms with van der Waals surface area (Å²) in [5.41, 5.74) is 2.66. The monoisotopic (exact) mass is 246 g/mol. The summed E-state index contributed by atoms with van der Waals surface area (Å²) < 4.78 is 0. The molecule has 1 N–H and O–H groups in total. The molecule has 0 spiro atoms. The molecule has 94 valence electrons. The van der Waals surface area contributed by atoms with E-state index in [1.165, 1.54) is 5.01 Å². The van der Waals surface area contributed by atoms with E-state index in [4.69, 9.17) is 5.11 Å². The zero-order chi connectivity index (χ0) is 13.3. The Morgan fingerprint density at radius 1 is 1.22 bits per heavy atom. The molecule has 0 saturated carbocycles. The second-order valence-corrected chi connectivity index (χ2v) is 4.40. The maximum atomic E-state index is 11.8. The number of amides is 1. The molecule has 1 heterocycles. The molecule has 1 amide bonds. The molecule has 0 bridgehead atoms. The van der Waals surface area contributed by atoms with Crippen LogP contribution in [0.5, 0.6) is 0 Å². The minimum absolute atomic E-state index is 0.0220. The number of carbonyl (C=O) groups excluding carboxylic acids is 1. The lowest BCUT2D eigenvalue weighted by atomic mass is 10.1. The molecule has 0 unspecified atom stereocenters. The first-order valence-corrected chi connectivity index (χ1v) is 5.69. The molecule has 0 saturated heterocycles. The molecule has 5 heteroatoms. The van der Waals surface area contributed by atoms with Crippen LogP contribution in [0.25, 0.3) is 0 Å². The van der Waals surface area contributed by atoms with Gasteiger partial charge in [0, 0.05) is 12.8 Å². The lowest BCUT2D eigenvalue weighted by Crippen LogP contribution is -2.34. The van der Waals surface area contributed by atoms with Crippen LogP contribution in [0.2, 0.25) is 0 Å². The molecule has 18 heavy (non-hydrogen) atoms. The summed E-state index contributed by atoms with van der Waals surface area (Å²) in [5, 5.41) is 14.0. The largest absolute Gasteiger partial charge is 0.477 e. The van der Waals surface area contributed by atoms with Crippen molar-refractivity contribution in [1.82, 2.24) is 0 Å². The second kappa shape index (κ2) is 4.60. The highest BCUT2D eigenvalue weighted by Crippen LogP contribution is 2.23. The van der Waals surface area contributed by atoms with Crippen molar-refractivity contribution in [3.63, 3.8) is 0 Å². The molecule has 1 aliphatic heterocycles. The fraction of sp³-hybridized carbons (Fsp3) is 0.308. The minimum atomic E-state index is -1.07. The highest BCUT2D eigenvalue weighted by molar-refractivity contribution is 6.37. The van der Waals surface area contributed by atoms with E-state index in [2.05, 4.69) is 5.10 Å². The molecule has 0 atom stereocenters. The number of carboxylic acids is 1. The zero-order valence-electron chi connectivity index (χ0n) is 10.3. The van der Waals surface area contributed by atoms with Crippen LogP contribution >= 0.6 is 0 Å². The number of anilines is 1. The first-order valence-electron chi connectivity index (χ1n) is 5.69. The summed E-state index contributed by atoms with van der Waals surface area (Å²) in [6.45, 7) is 3.85. The topological polar surface area (TPSA) is 70.0 Å². The average Bonchev–Trinajstić information content (AvgIpc) is 2.27. The number of aliphatic carboxylic acids is 1. The van der Waals surface area contributed by atoms with Crippen LogP contribution < -0.4 is 5.01 Å². The van der Waals surface area contributed by atoms with E-state index in [-0.39, 0.29) is 24.5 Å². The molecule has 1 aromatic rings. The number of carbonyl (C=O) groups is 2.